The van der Waals surface area contributed by atoms with E-state index < -0.39 is 0 Å². The zero-order chi connectivity index (χ0) is 16.8. The maximum Gasteiger partial charge on any atom is 0.220 e. The molecule has 0 aromatic heterocycles. The molecule has 3 fully saturated rings. The van der Waals surface area contributed by atoms with Gasteiger partial charge in [-0.2, -0.15) is 0 Å². The zero-order valence-corrected chi connectivity index (χ0v) is 17.7. The average molecular weight is 464 g/mol. The minimum atomic E-state index is 0. The molecule has 0 aromatic carbocycles. The van der Waals surface area contributed by atoms with Gasteiger partial charge in [0.15, 0.2) is 5.96 Å². The highest BCUT2D eigenvalue weighted by molar-refractivity contribution is 14.0. The lowest BCUT2D eigenvalue weighted by molar-refractivity contribution is -0.119. The molecule has 1 atom stereocenters. The second-order valence-corrected chi connectivity index (χ2v) is 7.56. The number of hydrogen-bond donors (Lipinski definition) is 2. The van der Waals surface area contributed by atoms with Gasteiger partial charge in [-0.1, -0.05) is 0 Å². The summed E-state index contributed by atoms with van der Waals surface area (Å²) in [6, 6.07) is 0. The Balaban J connectivity index is 0.00000225. The SMILES string of the molecule is CCNC(=NCCC1CCOCC1)N1CCCC2(CNC(=O)C2)C1.I. The van der Waals surface area contributed by atoms with Crippen LogP contribution in [0.25, 0.3) is 0 Å². The van der Waals surface area contributed by atoms with Gasteiger partial charge in [0.05, 0.1) is 0 Å². The molecule has 3 saturated heterocycles. The second kappa shape index (κ2) is 9.94. The molecule has 0 saturated carbocycles. The minimum absolute atomic E-state index is 0. The summed E-state index contributed by atoms with van der Waals surface area (Å²) in [5.74, 6) is 2.00. The summed E-state index contributed by atoms with van der Waals surface area (Å²) >= 11 is 0. The Morgan fingerprint density at radius 1 is 1.44 bits per heavy atom. The highest BCUT2D eigenvalue weighted by Gasteiger charge is 2.42. The van der Waals surface area contributed by atoms with E-state index in [9.17, 15) is 4.79 Å². The average Bonchev–Trinajstić information content (AvgIpc) is 2.95. The fourth-order valence-electron chi connectivity index (χ4n) is 4.24. The monoisotopic (exact) mass is 464 g/mol. The van der Waals surface area contributed by atoms with E-state index in [2.05, 4.69) is 22.5 Å². The largest absolute Gasteiger partial charge is 0.381 e. The van der Waals surface area contributed by atoms with Crippen LogP contribution in [-0.2, 0) is 9.53 Å². The molecule has 3 aliphatic rings. The lowest BCUT2D eigenvalue weighted by Gasteiger charge is -2.40. The topological polar surface area (TPSA) is 66.0 Å². The molecule has 0 aliphatic carbocycles. The summed E-state index contributed by atoms with van der Waals surface area (Å²) in [5.41, 5.74) is 0.117. The number of nitrogens with one attached hydrogen (secondary N) is 2. The van der Waals surface area contributed by atoms with E-state index in [0.717, 1.165) is 77.1 Å². The van der Waals surface area contributed by atoms with Gasteiger partial charge < -0.3 is 20.3 Å². The van der Waals surface area contributed by atoms with Crippen molar-refractivity contribution in [1.29, 1.82) is 0 Å². The van der Waals surface area contributed by atoms with E-state index in [-0.39, 0.29) is 35.3 Å². The van der Waals surface area contributed by atoms with Crippen LogP contribution in [0.15, 0.2) is 4.99 Å². The van der Waals surface area contributed by atoms with Gasteiger partial charge in [-0.25, -0.2) is 0 Å². The van der Waals surface area contributed by atoms with Gasteiger partial charge >= 0.3 is 0 Å². The third kappa shape index (κ3) is 5.70. The summed E-state index contributed by atoms with van der Waals surface area (Å²) in [6.45, 7) is 8.50. The zero-order valence-electron chi connectivity index (χ0n) is 15.4. The van der Waals surface area contributed by atoms with Crippen molar-refractivity contribution in [2.24, 2.45) is 16.3 Å². The number of amides is 1. The number of hydrogen-bond acceptors (Lipinski definition) is 3. The molecule has 0 radical (unpaired) electrons. The highest BCUT2D eigenvalue weighted by atomic mass is 127. The quantitative estimate of drug-likeness (QED) is 0.380. The number of rotatable bonds is 4. The molecule has 25 heavy (non-hydrogen) atoms. The van der Waals surface area contributed by atoms with Crippen molar-refractivity contribution in [2.75, 3.05) is 45.9 Å². The molecule has 0 aromatic rings. The van der Waals surface area contributed by atoms with E-state index in [0.29, 0.717) is 6.42 Å². The molecule has 0 bridgehead atoms. The lowest BCUT2D eigenvalue weighted by atomic mass is 9.79. The minimum Gasteiger partial charge on any atom is -0.381 e. The fraction of sp³-hybridized carbons (Fsp3) is 0.889. The van der Waals surface area contributed by atoms with Crippen LogP contribution in [-0.4, -0.2) is 62.7 Å². The van der Waals surface area contributed by atoms with Crippen LogP contribution >= 0.6 is 24.0 Å². The molecule has 1 unspecified atom stereocenters. The summed E-state index contributed by atoms with van der Waals surface area (Å²) < 4.78 is 5.43. The van der Waals surface area contributed by atoms with Gasteiger partial charge in [-0.3, -0.25) is 9.79 Å². The smallest absolute Gasteiger partial charge is 0.220 e. The molecule has 1 amide bonds. The Bertz CT molecular complexity index is 468. The molecule has 3 aliphatic heterocycles. The first-order valence-electron chi connectivity index (χ1n) is 9.58. The van der Waals surface area contributed by atoms with Crippen molar-refractivity contribution >= 4 is 35.8 Å². The van der Waals surface area contributed by atoms with Crippen LogP contribution in [0.4, 0.5) is 0 Å². The van der Waals surface area contributed by atoms with Gasteiger partial charge in [0.1, 0.15) is 0 Å². The van der Waals surface area contributed by atoms with E-state index in [1.54, 1.807) is 0 Å². The molecule has 3 rings (SSSR count). The van der Waals surface area contributed by atoms with Crippen molar-refractivity contribution in [2.45, 2.75) is 45.4 Å². The normalized spacial score (nSPS) is 28.0. The maximum atomic E-state index is 11.7. The molecule has 7 heteroatoms. The Morgan fingerprint density at radius 3 is 2.92 bits per heavy atom. The van der Waals surface area contributed by atoms with Crippen molar-refractivity contribution in [1.82, 2.24) is 15.5 Å². The number of carbonyl (C=O) groups is 1. The number of piperidine rings is 1. The maximum absolute atomic E-state index is 11.7. The van der Waals surface area contributed by atoms with Gasteiger partial charge in [0, 0.05) is 57.8 Å². The highest BCUT2D eigenvalue weighted by Crippen LogP contribution is 2.36. The Hall–Kier alpha value is -0.570. The van der Waals surface area contributed by atoms with Gasteiger partial charge in [0.2, 0.25) is 5.91 Å². The van der Waals surface area contributed by atoms with Crippen molar-refractivity contribution < 1.29 is 9.53 Å². The summed E-state index contributed by atoms with van der Waals surface area (Å²) in [5, 5.41) is 6.47. The third-order valence-corrected chi connectivity index (χ3v) is 5.63. The van der Waals surface area contributed by atoms with Gasteiger partial charge in [0.25, 0.3) is 0 Å². The van der Waals surface area contributed by atoms with E-state index in [1.807, 2.05) is 0 Å². The number of likely N-dealkylation sites (tertiary alicyclic amines) is 1. The summed E-state index contributed by atoms with van der Waals surface area (Å²) in [7, 11) is 0. The third-order valence-electron chi connectivity index (χ3n) is 5.63. The first-order valence-corrected chi connectivity index (χ1v) is 9.58. The Kier molecular flexibility index (Phi) is 8.25. The predicted octanol–water partition coefficient (Wildman–Crippen LogP) is 1.99. The molecule has 1 spiro atoms. The molecular formula is C18H33IN4O2. The predicted molar refractivity (Wildman–Crippen MR) is 110 cm³/mol. The van der Waals surface area contributed by atoms with Crippen molar-refractivity contribution in [3.63, 3.8) is 0 Å². The Labute approximate surface area is 168 Å². The van der Waals surface area contributed by atoms with Gasteiger partial charge in [-0.15, -0.1) is 24.0 Å². The number of aliphatic imine (C=N–C) groups is 1. The van der Waals surface area contributed by atoms with Crippen molar-refractivity contribution in [3.05, 3.63) is 0 Å². The molecule has 3 heterocycles. The number of ether oxygens (including phenoxy) is 1. The molecule has 6 nitrogen and oxygen atoms in total. The molecule has 144 valence electrons. The Morgan fingerprint density at radius 2 is 2.24 bits per heavy atom. The number of guanidine groups is 1. The van der Waals surface area contributed by atoms with E-state index >= 15 is 0 Å². The number of nitrogens with zero attached hydrogens (tertiary/aromatic N) is 2. The first kappa shape index (κ1) is 20.7. The first-order chi connectivity index (χ1) is 11.7. The van der Waals surface area contributed by atoms with Crippen LogP contribution in [0.5, 0.6) is 0 Å². The van der Waals surface area contributed by atoms with Crippen LogP contribution < -0.4 is 10.6 Å². The van der Waals surface area contributed by atoms with Crippen LogP contribution in [0, 0.1) is 11.3 Å². The van der Waals surface area contributed by atoms with Crippen LogP contribution in [0.3, 0.4) is 0 Å². The summed E-state index contributed by atoms with van der Waals surface area (Å²) in [4.78, 5) is 18.9. The number of halogens is 1. The molecular weight excluding hydrogens is 431 g/mol. The van der Waals surface area contributed by atoms with Crippen molar-refractivity contribution in [3.8, 4) is 0 Å². The lowest BCUT2D eigenvalue weighted by Crippen LogP contribution is -2.51. The standard InChI is InChI=1S/C18H32N4O2.HI/c1-2-19-17(20-8-4-15-5-10-24-11-6-15)22-9-3-7-18(14-22)12-16(23)21-13-18;/h15H,2-14H2,1H3,(H,19,20)(H,21,23);1H. The van der Waals surface area contributed by atoms with E-state index in [4.69, 9.17) is 9.73 Å². The summed E-state index contributed by atoms with van der Waals surface area (Å²) in [6.07, 6.45) is 6.45. The second-order valence-electron chi connectivity index (χ2n) is 7.56. The van der Waals surface area contributed by atoms with Crippen LogP contribution in [0.2, 0.25) is 0 Å². The molecule has 2 N–H and O–H groups in total. The fourth-order valence-corrected chi connectivity index (χ4v) is 4.24. The number of carbonyl (C=O) groups excluding carboxylic acids is 1. The van der Waals surface area contributed by atoms with Crippen LogP contribution in [0.1, 0.15) is 45.4 Å². The van der Waals surface area contributed by atoms with Gasteiger partial charge in [-0.05, 0) is 44.9 Å². The van der Waals surface area contributed by atoms with E-state index in [1.165, 1.54) is 12.8 Å².